The number of halogens is 1. The summed E-state index contributed by atoms with van der Waals surface area (Å²) in [6.07, 6.45) is 2.63. The molecular weight excluding hydrogens is 265 g/mol. The molecule has 21 heavy (non-hydrogen) atoms. The molecule has 0 saturated carbocycles. The lowest BCUT2D eigenvalue weighted by molar-refractivity contribution is 0.560. The zero-order chi connectivity index (χ0) is 15.2. The van der Waals surface area contributed by atoms with Crippen LogP contribution in [0.4, 0.5) is 10.1 Å². The zero-order valence-electron chi connectivity index (χ0n) is 12.8. The van der Waals surface area contributed by atoms with Crippen LogP contribution in [0.3, 0.4) is 0 Å². The topological polar surface area (TPSA) is 28.2 Å². The minimum absolute atomic E-state index is 0.0292. The Morgan fingerprint density at radius 3 is 2.71 bits per heavy atom. The van der Waals surface area contributed by atoms with Crippen LogP contribution in [-0.2, 0) is 6.42 Å². The first-order valence-electron chi connectivity index (χ1n) is 7.20. The fourth-order valence-electron chi connectivity index (χ4n) is 2.38. The van der Waals surface area contributed by atoms with Gasteiger partial charge in [0.2, 0.25) is 0 Å². The molecule has 112 valence electrons. The summed E-state index contributed by atoms with van der Waals surface area (Å²) in [6.45, 7) is 2.76. The SMILES string of the molecule is CNC(C)c1c(F)cccc1N(C)CCc1ccccn1. The van der Waals surface area contributed by atoms with Crippen LogP contribution >= 0.6 is 0 Å². The average Bonchev–Trinajstić information content (AvgIpc) is 2.52. The van der Waals surface area contributed by atoms with Crippen molar-refractivity contribution in [3.05, 3.63) is 59.7 Å². The number of nitrogens with one attached hydrogen (secondary N) is 1. The van der Waals surface area contributed by atoms with Gasteiger partial charge < -0.3 is 10.2 Å². The molecule has 3 nitrogen and oxygen atoms in total. The molecule has 0 amide bonds. The Labute approximate surface area is 125 Å². The maximum atomic E-state index is 14.1. The van der Waals surface area contributed by atoms with E-state index < -0.39 is 0 Å². The Balaban J connectivity index is 2.15. The second kappa shape index (κ2) is 7.18. The molecule has 1 atom stereocenters. The molecule has 2 rings (SSSR count). The Morgan fingerprint density at radius 1 is 1.24 bits per heavy atom. The standard InChI is InChI=1S/C17H22FN3/c1-13(19-2)17-15(18)8-6-9-16(17)21(3)12-10-14-7-4-5-11-20-14/h4-9,11,13,19H,10,12H2,1-3H3. The van der Waals surface area contributed by atoms with Gasteiger partial charge in [-0.15, -0.1) is 0 Å². The first kappa shape index (κ1) is 15.4. The van der Waals surface area contributed by atoms with Gasteiger partial charge in [-0.25, -0.2) is 4.39 Å². The number of rotatable bonds is 6. The lowest BCUT2D eigenvalue weighted by atomic mass is 10.0. The Bertz CT molecular complexity index is 572. The van der Waals surface area contributed by atoms with E-state index in [9.17, 15) is 4.39 Å². The number of nitrogens with zero attached hydrogens (tertiary/aromatic N) is 2. The van der Waals surface area contributed by atoms with Crippen molar-refractivity contribution >= 4 is 5.69 Å². The summed E-state index contributed by atoms with van der Waals surface area (Å²) in [4.78, 5) is 6.41. The lowest BCUT2D eigenvalue weighted by Crippen LogP contribution is -2.25. The van der Waals surface area contributed by atoms with E-state index in [2.05, 4.69) is 15.2 Å². The molecule has 0 aliphatic heterocycles. The third-order valence-electron chi connectivity index (χ3n) is 3.74. The van der Waals surface area contributed by atoms with E-state index in [1.807, 2.05) is 45.3 Å². The van der Waals surface area contributed by atoms with Gasteiger partial charge in [0, 0.05) is 49.2 Å². The number of pyridine rings is 1. The van der Waals surface area contributed by atoms with E-state index in [1.54, 1.807) is 12.3 Å². The molecule has 0 fully saturated rings. The normalized spacial score (nSPS) is 12.2. The molecule has 2 aromatic rings. The second-order valence-corrected chi connectivity index (χ2v) is 5.18. The van der Waals surface area contributed by atoms with Crippen molar-refractivity contribution in [2.75, 3.05) is 25.5 Å². The lowest BCUT2D eigenvalue weighted by Gasteiger charge is -2.25. The molecule has 1 N–H and O–H groups in total. The predicted molar refractivity (Wildman–Crippen MR) is 85.1 cm³/mol. The molecule has 1 heterocycles. The average molecular weight is 287 g/mol. The Morgan fingerprint density at radius 2 is 2.05 bits per heavy atom. The first-order valence-corrected chi connectivity index (χ1v) is 7.20. The van der Waals surface area contributed by atoms with Crippen LogP contribution < -0.4 is 10.2 Å². The van der Waals surface area contributed by atoms with Crippen molar-refractivity contribution in [2.45, 2.75) is 19.4 Å². The van der Waals surface area contributed by atoms with E-state index in [4.69, 9.17) is 0 Å². The Kier molecular flexibility index (Phi) is 5.28. The molecule has 0 spiro atoms. The predicted octanol–water partition coefficient (Wildman–Crippen LogP) is 3.18. The van der Waals surface area contributed by atoms with Gasteiger partial charge in [0.25, 0.3) is 0 Å². The number of hydrogen-bond acceptors (Lipinski definition) is 3. The second-order valence-electron chi connectivity index (χ2n) is 5.18. The number of anilines is 1. The number of likely N-dealkylation sites (N-methyl/N-ethyl adjacent to an activating group) is 1. The van der Waals surface area contributed by atoms with Crippen molar-refractivity contribution in [3.8, 4) is 0 Å². The summed E-state index contributed by atoms with van der Waals surface area (Å²) in [5.74, 6) is -0.168. The van der Waals surface area contributed by atoms with Crippen molar-refractivity contribution < 1.29 is 4.39 Å². The van der Waals surface area contributed by atoms with Gasteiger partial charge in [-0.2, -0.15) is 0 Å². The van der Waals surface area contributed by atoms with E-state index >= 15 is 0 Å². The third-order valence-corrected chi connectivity index (χ3v) is 3.74. The minimum Gasteiger partial charge on any atom is -0.374 e. The molecule has 0 radical (unpaired) electrons. The first-order chi connectivity index (χ1) is 10.1. The van der Waals surface area contributed by atoms with Gasteiger partial charge >= 0.3 is 0 Å². The molecular formula is C17H22FN3. The van der Waals surface area contributed by atoms with E-state index in [0.717, 1.165) is 24.3 Å². The molecule has 0 aliphatic carbocycles. The smallest absolute Gasteiger partial charge is 0.130 e. The van der Waals surface area contributed by atoms with Gasteiger partial charge in [-0.1, -0.05) is 12.1 Å². The third kappa shape index (κ3) is 3.79. The zero-order valence-corrected chi connectivity index (χ0v) is 12.8. The van der Waals surface area contributed by atoms with Crippen LogP contribution in [-0.4, -0.2) is 25.6 Å². The summed E-state index contributed by atoms with van der Waals surface area (Å²) in [6, 6.07) is 11.1. The van der Waals surface area contributed by atoms with E-state index in [0.29, 0.717) is 5.56 Å². The monoisotopic (exact) mass is 287 g/mol. The summed E-state index contributed by atoms with van der Waals surface area (Å²) in [7, 11) is 3.83. The fourth-order valence-corrected chi connectivity index (χ4v) is 2.38. The largest absolute Gasteiger partial charge is 0.374 e. The maximum Gasteiger partial charge on any atom is 0.130 e. The Hall–Kier alpha value is -1.94. The van der Waals surface area contributed by atoms with Gasteiger partial charge in [0.1, 0.15) is 5.82 Å². The van der Waals surface area contributed by atoms with Crippen molar-refractivity contribution in [2.24, 2.45) is 0 Å². The molecule has 0 aliphatic rings. The highest BCUT2D eigenvalue weighted by molar-refractivity contribution is 5.55. The van der Waals surface area contributed by atoms with Crippen LogP contribution in [0, 0.1) is 5.82 Å². The minimum atomic E-state index is -0.168. The molecule has 1 aromatic carbocycles. The fraction of sp³-hybridized carbons (Fsp3) is 0.353. The van der Waals surface area contributed by atoms with Gasteiger partial charge in [-0.3, -0.25) is 4.98 Å². The highest BCUT2D eigenvalue weighted by Gasteiger charge is 2.16. The number of aromatic nitrogens is 1. The van der Waals surface area contributed by atoms with Crippen LogP contribution in [0.2, 0.25) is 0 Å². The van der Waals surface area contributed by atoms with Crippen molar-refractivity contribution in [1.82, 2.24) is 10.3 Å². The van der Waals surface area contributed by atoms with Crippen LogP contribution in [0.25, 0.3) is 0 Å². The van der Waals surface area contributed by atoms with E-state index in [1.165, 1.54) is 6.07 Å². The summed E-state index contributed by atoms with van der Waals surface area (Å²) >= 11 is 0. The van der Waals surface area contributed by atoms with Gasteiger partial charge in [0.05, 0.1) is 0 Å². The van der Waals surface area contributed by atoms with Crippen molar-refractivity contribution in [1.29, 1.82) is 0 Å². The molecule has 4 heteroatoms. The molecule has 0 saturated heterocycles. The van der Waals surface area contributed by atoms with Crippen LogP contribution in [0.15, 0.2) is 42.6 Å². The van der Waals surface area contributed by atoms with Crippen molar-refractivity contribution in [3.63, 3.8) is 0 Å². The molecule has 1 aromatic heterocycles. The van der Waals surface area contributed by atoms with Gasteiger partial charge in [-0.05, 0) is 38.2 Å². The van der Waals surface area contributed by atoms with Crippen LogP contribution in [0.5, 0.6) is 0 Å². The quantitative estimate of drug-likeness (QED) is 0.884. The highest BCUT2D eigenvalue weighted by atomic mass is 19.1. The molecule has 0 bridgehead atoms. The number of benzene rings is 1. The highest BCUT2D eigenvalue weighted by Crippen LogP contribution is 2.28. The summed E-state index contributed by atoms with van der Waals surface area (Å²) in [5, 5.41) is 3.11. The van der Waals surface area contributed by atoms with Crippen LogP contribution in [0.1, 0.15) is 24.2 Å². The van der Waals surface area contributed by atoms with E-state index in [-0.39, 0.29) is 11.9 Å². The maximum absolute atomic E-state index is 14.1. The molecule has 1 unspecified atom stereocenters. The number of hydrogen-bond donors (Lipinski definition) is 1. The summed E-state index contributed by atoms with van der Waals surface area (Å²) in [5.41, 5.74) is 2.68. The summed E-state index contributed by atoms with van der Waals surface area (Å²) < 4.78 is 14.1. The van der Waals surface area contributed by atoms with Gasteiger partial charge in [0.15, 0.2) is 0 Å².